The number of carbonyl (C=O) groups is 1. The van der Waals surface area contributed by atoms with Gasteiger partial charge in [0.25, 0.3) is 0 Å². The molecule has 1 aliphatic rings. The zero-order chi connectivity index (χ0) is 12.8. The summed E-state index contributed by atoms with van der Waals surface area (Å²) < 4.78 is 0. The van der Waals surface area contributed by atoms with Crippen molar-refractivity contribution in [1.29, 1.82) is 0 Å². The van der Waals surface area contributed by atoms with E-state index in [1.807, 2.05) is 12.1 Å². The minimum Gasteiger partial charge on any atom is -0.388 e. The maximum absolute atomic E-state index is 11.7. The van der Waals surface area contributed by atoms with E-state index in [4.69, 9.17) is 0 Å². The van der Waals surface area contributed by atoms with E-state index in [2.05, 4.69) is 10.3 Å². The van der Waals surface area contributed by atoms with Crippen LogP contribution in [-0.4, -0.2) is 28.1 Å². The lowest BCUT2D eigenvalue weighted by Crippen LogP contribution is -2.40. The van der Waals surface area contributed by atoms with Gasteiger partial charge >= 0.3 is 0 Å². The van der Waals surface area contributed by atoms with E-state index in [1.165, 1.54) is 0 Å². The van der Waals surface area contributed by atoms with E-state index >= 15 is 0 Å². The first-order valence-electron chi connectivity index (χ1n) is 6.56. The fraction of sp³-hybridized carbons (Fsp3) is 0.571. The Morgan fingerprint density at radius 1 is 1.33 bits per heavy atom. The highest BCUT2D eigenvalue weighted by Crippen LogP contribution is 2.28. The largest absolute Gasteiger partial charge is 0.388 e. The van der Waals surface area contributed by atoms with Crippen LogP contribution < -0.4 is 5.32 Å². The monoisotopic (exact) mass is 248 g/mol. The first kappa shape index (κ1) is 13.0. The van der Waals surface area contributed by atoms with Crippen LogP contribution in [0.3, 0.4) is 0 Å². The van der Waals surface area contributed by atoms with Gasteiger partial charge in [0, 0.05) is 25.4 Å². The second-order valence-electron chi connectivity index (χ2n) is 5.06. The highest BCUT2D eigenvalue weighted by atomic mass is 16.3. The Hall–Kier alpha value is -1.42. The highest BCUT2D eigenvalue weighted by molar-refractivity contribution is 5.76. The van der Waals surface area contributed by atoms with Crippen LogP contribution in [0.1, 0.15) is 37.7 Å². The van der Waals surface area contributed by atoms with E-state index < -0.39 is 5.60 Å². The van der Waals surface area contributed by atoms with Gasteiger partial charge in [0.1, 0.15) is 0 Å². The Kier molecular flexibility index (Phi) is 4.31. The van der Waals surface area contributed by atoms with Crippen molar-refractivity contribution < 1.29 is 9.90 Å². The van der Waals surface area contributed by atoms with Gasteiger partial charge in [-0.15, -0.1) is 0 Å². The molecule has 1 amide bonds. The molecule has 0 saturated heterocycles. The zero-order valence-electron chi connectivity index (χ0n) is 10.6. The Labute approximate surface area is 107 Å². The predicted octanol–water partition coefficient (Wildman–Crippen LogP) is 1.44. The second kappa shape index (κ2) is 5.96. The smallest absolute Gasteiger partial charge is 0.220 e. The van der Waals surface area contributed by atoms with Gasteiger partial charge in [0.2, 0.25) is 5.91 Å². The lowest BCUT2D eigenvalue weighted by Gasteiger charge is -2.22. The standard InChI is InChI=1S/C14H20N2O2/c17-13(4-3-12-5-9-15-10-6-12)16-11-14(18)7-1-2-8-14/h5-6,9-10,18H,1-4,7-8,11H2,(H,16,17). The number of carbonyl (C=O) groups excluding carboxylic acids is 1. The Balaban J connectivity index is 1.69. The molecule has 1 aromatic heterocycles. The number of hydrogen-bond acceptors (Lipinski definition) is 3. The molecule has 1 aliphatic carbocycles. The number of aryl methyl sites for hydroxylation is 1. The minimum absolute atomic E-state index is 0.00661. The van der Waals surface area contributed by atoms with Crippen molar-refractivity contribution in [1.82, 2.24) is 10.3 Å². The molecule has 1 fully saturated rings. The third-order valence-electron chi connectivity index (χ3n) is 3.54. The van der Waals surface area contributed by atoms with Gasteiger partial charge in [-0.1, -0.05) is 12.8 Å². The van der Waals surface area contributed by atoms with E-state index in [0.29, 0.717) is 19.4 Å². The van der Waals surface area contributed by atoms with Crippen molar-refractivity contribution in [3.05, 3.63) is 30.1 Å². The number of hydrogen-bond donors (Lipinski definition) is 2. The number of nitrogens with zero attached hydrogens (tertiary/aromatic N) is 1. The summed E-state index contributed by atoms with van der Waals surface area (Å²) in [7, 11) is 0. The van der Waals surface area contributed by atoms with Crippen molar-refractivity contribution in [2.75, 3.05) is 6.54 Å². The quantitative estimate of drug-likeness (QED) is 0.828. The number of rotatable bonds is 5. The van der Waals surface area contributed by atoms with Crippen LogP contribution in [0.15, 0.2) is 24.5 Å². The van der Waals surface area contributed by atoms with Crippen molar-refractivity contribution >= 4 is 5.91 Å². The molecule has 0 atom stereocenters. The normalized spacial score (nSPS) is 17.6. The third-order valence-corrected chi connectivity index (χ3v) is 3.54. The summed E-state index contributed by atoms with van der Waals surface area (Å²) in [6, 6.07) is 3.83. The molecule has 0 aliphatic heterocycles. The molecule has 1 saturated carbocycles. The van der Waals surface area contributed by atoms with Crippen molar-refractivity contribution in [2.45, 2.75) is 44.1 Å². The summed E-state index contributed by atoms with van der Waals surface area (Å²) in [5.41, 5.74) is 0.450. The second-order valence-corrected chi connectivity index (χ2v) is 5.06. The van der Waals surface area contributed by atoms with Crippen LogP contribution >= 0.6 is 0 Å². The average molecular weight is 248 g/mol. The Bertz CT molecular complexity index is 386. The summed E-state index contributed by atoms with van der Waals surface area (Å²) in [6.45, 7) is 0.391. The Morgan fingerprint density at radius 3 is 2.67 bits per heavy atom. The molecule has 1 aromatic rings. The van der Waals surface area contributed by atoms with Crippen LogP contribution in [0.25, 0.3) is 0 Å². The molecule has 2 rings (SSSR count). The lowest BCUT2D eigenvalue weighted by atomic mass is 10.0. The zero-order valence-corrected chi connectivity index (χ0v) is 10.6. The van der Waals surface area contributed by atoms with E-state index in [0.717, 1.165) is 31.2 Å². The molecule has 0 spiro atoms. The van der Waals surface area contributed by atoms with Crippen LogP contribution in [0, 0.1) is 0 Å². The number of amides is 1. The molecule has 1 heterocycles. The third kappa shape index (κ3) is 3.81. The van der Waals surface area contributed by atoms with Crippen molar-refractivity contribution in [3.8, 4) is 0 Å². The van der Waals surface area contributed by atoms with Crippen molar-refractivity contribution in [2.24, 2.45) is 0 Å². The minimum atomic E-state index is -0.660. The van der Waals surface area contributed by atoms with Gasteiger partial charge < -0.3 is 10.4 Å². The first-order valence-corrected chi connectivity index (χ1v) is 6.56. The van der Waals surface area contributed by atoms with Crippen molar-refractivity contribution in [3.63, 3.8) is 0 Å². The molecule has 0 aromatic carbocycles. The van der Waals surface area contributed by atoms with Gasteiger partial charge in [-0.2, -0.15) is 0 Å². The molecule has 2 N–H and O–H groups in total. The number of aromatic nitrogens is 1. The fourth-order valence-corrected chi connectivity index (χ4v) is 2.37. The molecular formula is C14H20N2O2. The van der Waals surface area contributed by atoms with Crippen LogP contribution in [0.4, 0.5) is 0 Å². The molecule has 4 heteroatoms. The summed E-state index contributed by atoms with van der Waals surface area (Å²) in [5.74, 6) is 0.00661. The van der Waals surface area contributed by atoms with Gasteiger partial charge in [-0.05, 0) is 37.0 Å². The molecule has 0 unspecified atom stereocenters. The molecule has 0 radical (unpaired) electrons. The first-order chi connectivity index (χ1) is 8.68. The van der Waals surface area contributed by atoms with Gasteiger partial charge in [0.15, 0.2) is 0 Å². The van der Waals surface area contributed by atoms with Crippen LogP contribution in [0.5, 0.6) is 0 Å². The molecule has 4 nitrogen and oxygen atoms in total. The number of pyridine rings is 1. The van der Waals surface area contributed by atoms with Crippen LogP contribution in [-0.2, 0) is 11.2 Å². The summed E-state index contributed by atoms with van der Waals surface area (Å²) in [5, 5.41) is 12.9. The average Bonchev–Trinajstić information content (AvgIpc) is 2.83. The molecular weight excluding hydrogens is 228 g/mol. The number of nitrogens with one attached hydrogen (secondary N) is 1. The van der Waals surface area contributed by atoms with Gasteiger partial charge in [-0.3, -0.25) is 9.78 Å². The Morgan fingerprint density at radius 2 is 2.00 bits per heavy atom. The van der Waals surface area contributed by atoms with E-state index in [9.17, 15) is 9.90 Å². The summed E-state index contributed by atoms with van der Waals surface area (Å²) in [6.07, 6.45) is 8.36. The highest BCUT2D eigenvalue weighted by Gasteiger charge is 2.31. The van der Waals surface area contributed by atoms with Gasteiger partial charge in [0.05, 0.1) is 5.60 Å². The predicted molar refractivity (Wildman–Crippen MR) is 69.0 cm³/mol. The maximum Gasteiger partial charge on any atom is 0.220 e. The molecule has 18 heavy (non-hydrogen) atoms. The SMILES string of the molecule is O=C(CCc1ccncc1)NCC1(O)CCCC1. The van der Waals surface area contributed by atoms with E-state index in [1.54, 1.807) is 12.4 Å². The summed E-state index contributed by atoms with van der Waals surface area (Å²) in [4.78, 5) is 15.6. The number of aliphatic hydroxyl groups is 1. The summed E-state index contributed by atoms with van der Waals surface area (Å²) >= 11 is 0. The lowest BCUT2D eigenvalue weighted by molar-refractivity contribution is -0.122. The molecule has 98 valence electrons. The molecule has 0 bridgehead atoms. The van der Waals surface area contributed by atoms with E-state index in [-0.39, 0.29) is 5.91 Å². The fourth-order valence-electron chi connectivity index (χ4n) is 2.37. The van der Waals surface area contributed by atoms with Crippen LogP contribution in [0.2, 0.25) is 0 Å². The maximum atomic E-state index is 11.7. The topological polar surface area (TPSA) is 62.2 Å². The van der Waals surface area contributed by atoms with Gasteiger partial charge in [-0.25, -0.2) is 0 Å².